The van der Waals surface area contributed by atoms with Crippen molar-refractivity contribution >= 4 is 17.7 Å². The van der Waals surface area contributed by atoms with Crippen LogP contribution in [0, 0.1) is 5.41 Å². The zero-order chi connectivity index (χ0) is 16.2. The van der Waals surface area contributed by atoms with Crippen LogP contribution < -0.4 is 0 Å². The van der Waals surface area contributed by atoms with E-state index >= 15 is 0 Å². The smallest absolute Gasteiger partial charge is 0.233 e. The molecule has 2 rings (SSSR count). The standard InChI is InChI=1S/C18H27NO2S/c1-4-14-6-8-15(9-7-14)17-19(16(21)12-22-17)11-5-10-18(2,3)13-20/h6-9,17,20H,4-5,10-13H2,1-3H3. The van der Waals surface area contributed by atoms with E-state index in [1.54, 1.807) is 11.8 Å². The summed E-state index contributed by atoms with van der Waals surface area (Å²) in [5, 5.41) is 9.48. The highest BCUT2D eigenvalue weighted by atomic mass is 32.2. The van der Waals surface area contributed by atoms with Gasteiger partial charge in [0, 0.05) is 13.2 Å². The summed E-state index contributed by atoms with van der Waals surface area (Å²) in [6.45, 7) is 7.24. The number of aryl methyl sites for hydroxylation is 1. The Labute approximate surface area is 138 Å². The third kappa shape index (κ3) is 4.26. The fraction of sp³-hybridized carbons (Fsp3) is 0.611. The predicted octanol–water partition coefficient (Wildman–Crippen LogP) is 3.62. The van der Waals surface area contributed by atoms with E-state index in [0.717, 1.165) is 25.8 Å². The Morgan fingerprint density at radius 1 is 1.32 bits per heavy atom. The maximum Gasteiger partial charge on any atom is 0.233 e. The third-order valence-electron chi connectivity index (χ3n) is 4.32. The van der Waals surface area contributed by atoms with E-state index in [2.05, 4.69) is 45.0 Å². The lowest BCUT2D eigenvalue weighted by atomic mass is 9.89. The fourth-order valence-electron chi connectivity index (χ4n) is 2.70. The number of nitrogens with zero attached hydrogens (tertiary/aromatic N) is 1. The molecule has 3 nitrogen and oxygen atoms in total. The van der Waals surface area contributed by atoms with Gasteiger partial charge < -0.3 is 10.0 Å². The topological polar surface area (TPSA) is 40.5 Å². The minimum atomic E-state index is -0.0613. The largest absolute Gasteiger partial charge is 0.396 e. The van der Waals surface area contributed by atoms with Gasteiger partial charge in [-0.2, -0.15) is 0 Å². The van der Waals surface area contributed by atoms with E-state index in [1.165, 1.54) is 11.1 Å². The van der Waals surface area contributed by atoms with Crippen LogP contribution in [0.25, 0.3) is 0 Å². The summed E-state index contributed by atoms with van der Waals surface area (Å²) in [6.07, 6.45) is 2.90. The van der Waals surface area contributed by atoms with Crippen LogP contribution in [-0.4, -0.2) is 34.8 Å². The normalized spacial score (nSPS) is 19.0. The Balaban J connectivity index is 1.99. The molecule has 0 spiro atoms. The second kappa shape index (κ2) is 7.51. The van der Waals surface area contributed by atoms with Crippen molar-refractivity contribution in [2.75, 3.05) is 18.9 Å². The Morgan fingerprint density at radius 3 is 2.59 bits per heavy atom. The van der Waals surface area contributed by atoms with E-state index in [4.69, 9.17) is 0 Å². The zero-order valence-corrected chi connectivity index (χ0v) is 14.7. The Kier molecular flexibility index (Phi) is 5.93. The van der Waals surface area contributed by atoms with Gasteiger partial charge in [0.15, 0.2) is 0 Å². The molecule has 1 saturated heterocycles. The number of thioether (sulfide) groups is 1. The number of hydrogen-bond donors (Lipinski definition) is 1. The van der Waals surface area contributed by atoms with Crippen molar-refractivity contribution in [3.63, 3.8) is 0 Å². The van der Waals surface area contributed by atoms with Gasteiger partial charge in [0.25, 0.3) is 0 Å². The Bertz CT molecular complexity index is 498. The number of hydrogen-bond acceptors (Lipinski definition) is 3. The molecule has 1 atom stereocenters. The van der Waals surface area contributed by atoms with E-state index < -0.39 is 0 Å². The monoisotopic (exact) mass is 321 g/mol. The molecule has 22 heavy (non-hydrogen) atoms. The van der Waals surface area contributed by atoms with Crippen LogP contribution in [0.15, 0.2) is 24.3 Å². The Morgan fingerprint density at radius 2 is 2.00 bits per heavy atom. The van der Waals surface area contributed by atoms with Crippen molar-refractivity contribution in [3.05, 3.63) is 35.4 Å². The fourth-order valence-corrected chi connectivity index (χ4v) is 3.92. The molecule has 0 bridgehead atoms. The number of amides is 1. The third-order valence-corrected chi connectivity index (χ3v) is 5.58. The van der Waals surface area contributed by atoms with E-state index in [0.29, 0.717) is 5.75 Å². The number of aliphatic hydroxyl groups excluding tert-OH is 1. The molecule has 4 heteroatoms. The summed E-state index contributed by atoms with van der Waals surface area (Å²) in [7, 11) is 0. The van der Waals surface area contributed by atoms with Crippen molar-refractivity contribution < 1.29 is 9.90 Å². The first-order valence-electron chi connectivity index (χ1n) is 8.07. The van der Waals surface area contributed by atoms with Crippen molar-refractivity contribution in [2.24, 2.45) is 5.41 Å². The van der Waals surface area contributed by atoms with Crippen molar-refractivity contribution in [1.82, 2.24) is 4.90 Å². The summed E-state index contributed by atoms with van der Waals surface area (Å²) in [4.78, 5) is 14.2. The molecule has 1 aromatic carbocycles. The van der Waals surface area contributed by atoms with Gasteiger partial charge in [0.05, 0.1) is 5.75 Å². The molecule has 1 aliphatic rings. The summed E-state index contributed by atoms with van der Waals surface area (Å²) in [5.74, 6) is 0.806. The Hall–Kier alpha value is -1.00. The van der Waals surface area contributed by atoms with Crippen LogP contribution in [0.2, 0.25) is 0 Å². The quantitative estimate of drug-likeness (QED) is 0.834. The predicted molar refractivity (Wildman–Crippen MR) is 92.8 cm³/mol. The molecule has 1 fully saturated rings. The lowest BCUT2D eigenvalue weighted by Gasteiger charge is -2.27. The van der Waals surface area contributed by atoms with E-state index in [1.807, 2.05) is 4.90 Å². The van der Waals surface area contributed by atoms with E-state index in [-0.39, 0.29) is 23.3 Å². The van der Waals surface area contributed by atoms with Crippen molar-refractivity contribution in [1.29, 1.82) is 0 Å². The number of benzene rings is 1. The summed E-state index contributed by atoms with van der Waals surface area (Å²) < 4.78 is 0. The average Bonchev–Trinajstić information content (AvgIpc) is 2.88. The number of carbonyl (C=O) groups excluding carboxylic acids is 1. The molecular weight excluding hydrogens is 294 g/mol. The summed E-state index contributed by atoms with van der Waals surface area (Å²) in [5.41, 5.74) is 2.48. The highest BCUT2D eigenvalue weighted by molar-refractivity contribution is 8.00. The summed E-state index contributed by atoms with van der Waals surface area (Å²) in [6, 6.07) is 8.62. The van der Waals surface area contributed by atoms with Crippen LogP contribution in [0.5, 0.6) is 0 Å². The van der Waals surface area contributed by atoms with Gasteiger partial charge in [-0.3, -0.25) is 4.79 Å². The average molecular weight is 321 g/mol. The van der Waals surface area contributed by atoms with Crippen LogP contribution >= 0.6 is 11.8 Å². The van der Waals surface area contributed by atoms with Gasteiger partial charge >= 0.3 is 0 Å². The minimum absolute atomic E-state index is 0.0613. The van der Waals surface area contributed by atoms with Crippen LogP contribution in [0.3, 0.4) is 0 Å². The van der Waals surface area contributed by atoms with Crippen LogP contribution in [-0.2, 0) is 11.2 Å². The highest BCUT2D eigenvalue weighted by Crippen LogP contribution is 2.39. The molecule has 1 heterocycles. The maximum atomic E-state index is 12.2. The second-order valence-corrected chi connectivity index (χ2v) is 7.84. The van der Waals surface area contributed by atoms with Gasteiger partial charge in [0.1, 0.15) is 5.37 Å². The van der Waals surface area contributed by atoms with Crippen molar-refractivity contribution in [2.45, 2.75) is 45.4 Å². The first kappa shape index (κ1) is 17.4. The van der Waals surface area contributed by atoms with Gasteiger partial charge in [-0.05, 0) is 35.8 Å². The highest BCUT2D eigenvalue weighted by Gasteiger charge is 2.32. The lowest BCUT2D eigenvalue weighted by Crippen LogP contribution is -2.30. The zero-order valence-electron chi connectivity index (χ0n) is 13.8. The molecule has 0 aliphatic carbocycles. The number of rotatable bonds is 7. The molecule has 1 aromatic rings. The van der Waals surface area contributed by atoms with Crippen molar-refractivity contribution in [3.8, 4) is 0 Å². The van der Waals surface area contributed by atoms with Gasteiger partial charge in [0.2, 0.25) is 5.91 Å². The summed E-state index contributed by atoms with van der Waals surface area (Å²) >= 11 is 1.72. The molecule has 122 valence electrons. The first-order chi connectivity index (χ1) is 10.5. The first-order valence-corrected chi connectivity index (χ1v) is 9.12. The molecule has 0 radical (unpaired) electrons. The minimum Gasteiger partial charge on any atom is -0.396 e. The van der Waals surface area contributed by atoms with Crippen LogP contribution in [0.4, 0.5) is 0 Å². The SMILES string of the molecule is CCc1ccc(C2SCC(=O)N2CCCC(C)(C)CO)cc1. The maximum absolute atomic E-state index is 12.2. The second-order valence-electron chi connectivity index (χ2n) is 6.77. The molecule has 1 unspecified atom stereocenters. The molecule has 1 N–H and O–H groups in total. The van der Waals surface area contributed by atoms with Gasteiger partial charge in [-0.1, -0.05) is 45.0 Å². The molecule has 0 saturated carbocycles. The molecule has 1 aliphatic heterocycles. The number of carbonyl (C=O) groups is 1. The molecule has 0 aromatic heterocycles. The lowest BCUT2D eigenvalue weighted by molar-refractivity contribution is -0.128. The molecule has 1 amide bonds. The number of aliphatic hydroxyl groups is 1. The van der Waals surface area contributed by atoms with Crippen LogP contribution in [0.1, 0.15) is 50.1 Å². The van der Waals surface area contributed by atoms with E-state index in [9.17, 15) is 9.90 Å². The molecular formula is C18H27NO2S. The van der Waals surface area contributed by atoms with Gasteiger partial charge in [-0.25, -0.2) is 0 Å². The van der Waals surface area contributed by atoms with Gasteiger partial charge in [-0.15, -0.1) is 11.8 Å².